The lowest BCUT2D eigenvalue weighted by Gasteiger charge is -2.12. The first-order valence-electron chi connectivity index (χ1n) is 6.30. The molecule has 1 aromatic rings. The van der Waals surface area contributed by atoms with E-state index in [1.807, 2.05) is 25.9 Å². The molecule has 0 aliphatic heterocycles. The molecule has 0 aliphatic rings. The van der Waals surface area contributed by atoms with Crippen LogP contribution in [0.5, 0.6) is 0 Å². The molecule has 0 aromatic carbocycles. The Morgan fingerprint density at radius 1 is 1.37 bits per heavy atom. The second-order valence-corrected chi connectivity index (χ2v) is 6.17. The van der Waals surface area contributed by atoms with Crippen molar-refractivity contribution in [3.05, 3.63) is 18.3 Å². The van der Waals surface area contributed by atoms with Crippen LogP contribution in [0.15, 0.2) is 23.2 Å². The van der Waals surface area contributed by atoms with Crippen molar-refractivity contribution in [1.29, 1.82) is 0 Å². The van der Waals surface area contributed by atoms with Gasteiger partial charge in [0.25, 0.3) is 0 Å². The fourth-order valence-corrected chi connectivity index (χ4v) is 2.79. The zero-order chi connectivity index (χ0) is 14.3. The van der Waals surface area contributed by atoms with Crippen LogP contribution in [0.3, 0.4) is 0 Å². The van der Waals surface area contributed by atoms with Gasteiger partial charge in [-0.25, -0.2) is 18.1 Å². The molecule has 0 spiro atoms. The van der Waals surface area contributed by atoms with Crippen molar-refractivity contribution in [2.24, 2.45) is 0 Å². The summed E-state index contributed by atoms with van der Waals surface area (Å²) in [6.45, 7) is 3.78. The highest BCUT2D eigenvalue weighted by Crippen LogP contribution is 2.17. The van der Waals surface area contributed by atoms with Gasteiger partial charge in [-0.15, -0.1) is 0 Å². The molecule has 0 bridgehead atoms. The summed E-state index contributed by atoms with van der Waals surface area (Å²) in [5.74, 6) is 0.394. The number of sulfonamides is 1. The van der Waals surface area contributed by atoms with E-state index in [0.29, 0.717) is 18.9 Å². The summed E-state index contributed by atoms with van der Waals surface area (Å²) in [5.41, 5.74) is 0. The van der Waals surface area contributed by atoms with E-state index in [-0.39, 0.29) is 4.90 Å². The molecule has 7 heteroatoms. The van der Waals surface area contributed by atoms with Gasteiger partial charge in [0.05, 0.1) is 0 Å². The number of aromatic nitrogens is 1. The summed E-state index contributed by atoms with van der Waals surface area (Å²) >= 11 is 0. The monoisotopic (exact) mass is 286 g/mol. The molecule has 19 heavy (non-hydrogen) atoms. The second-order valence-electron chi connectivity index (χ2n) is 4.44. The van der Waals surface area contributed by atoms with Gasteiger partial charge in [-0.1, -0.05) is 0 Å². The molecule has 0 amide bonds. The average Bonchev–Trinajstić information content (AvgIpc) is 2.35. The van der Waals surface area contributed by atoms with Crippen molar-refractivity contribution in [2.75, 3.05) is 39.0 Å². The summed E-state index contributed by atoms with van der Waals surface area (Å²) in [5, 5.41) is 2.95. The van der Waals surface area contributed by atoms with Crippen molar-refractivity contribution in [1.82, 2.24) is 14.6 Å². The van der Waals surface area contributed by atoms with Crippen LogP contribution in [-0.4, -0.2) is 52.0 Å². The third-order valence-corrected chi connectivity index (χ3v) is 3.97. The number of anilines is 1. The highest BCUT2D eigenvalue weighted by molar-refractivity contribution is 7.89. The van der Waals surface area contributed by atoms with Gasteiger partial charge < -0.3 is 10.2 Å². The summed E-state index contributed by atoms with van der Waals surface area (Å²) in [6.07, 6.45) is 2.34. The summed E-state index contributed by atoms with van der Waals surface area (Å²) in [7, 11) is 0.410. The molecular weight excluding hydrogens is 264 g/mol. The predicted octanol–water partition coefficient (Wildman–Crippen LogP) is 0.743. The van der Waals surface area contributed by atoms with Gasteiger partial charge >= 0.3 is 0 Å². The third kappa shape index (κ3) is 5.14. The molecule has 0 saturated heterocycles. The number of pyridine rings is 1. The van der Waals surface area contributed by atoms with Gasteiger partial charge in [-0.3, -0.25) is 0 Å². The Kier molecular flexibility index (Phi) is 6.20. The average molecular weight is 286 g/mol. The van der Waals surface area contributed by atoms with Crippen molar-refractivity contribution in [3.63, 3.8) is 0 Å². The molecule has 0 atom stereocenters. The van der Waals surface area contributed by atoms with Crippen molar-refractivity contribution < 1.29 is 8.42 Å². The molecule has 108 valence electrons. The van der Waals surface area contributed by atoms with E-state index in [0.717, 1.165) is 13.0 Å². The van der Waals surface area contributed by atoms with Gasteiger partial charge in [0, 0.05) is 19.3 Å². The van der Waals surface area contributed by atoms with Gasteiger partial charge in [0.1, 0.15) is 10.7 Å². The smallest absolute Gasteiger partial charge is 0.244 e. The van der Waals surface area contributed by atoms with Crippen molar-refractivity contribution >= 4 is 15.8 Å². The molecule has 0 fully saturated rings. The Balaban J connectivity index is 2.71. The van der Waals surface area contributed by atoms with Crippen LogP contribution in [0.1, 0.15) is 13.3 Å². The number of hydrogen-bond donors (Lipinski definition) is 2. The quantitative estimate of drug-likeness (QED) is 0.690. The molecule has 2 N–H and O–H groups in total. The van der Waals surface area contributed by atoms with Gasteiger partial charge in [-0.2, -0.15) is 0 Å². The van der Waals surface area contributed by atoms with E-state index >= 15 is 0 Å². The Bertz CT molecular complexity index is 488. The fourth-order valence-electron chi connectivity index (χ4n) is 1.59. The van der Waals surface area contributed by atoms with Crippen LogP contribution < -0.4 is 10.0 Å². The van der Waals surface area contributed by atoms with E-state index in [2.05, 4.69) is 15.0 Å². The Labute approximate surface area is 115 Å². The number of nitrogens with one attached hydrogen (secondary N) is 2. The minimum atomic E-state index is -3.50. The van der Waals surface area contributed by atoms with Crippen molar-refractivity contribution in [2.45, 2.75) is 18.2 Å². The zero-order valence-electron chi connectivity index (χ0n) is 11.7. The molecule has 0 radical (unpaired) electrons. The Morgan fingerprint density at radius 3 is 2.74 bits per heavy atom. The number of rotatable bonds is 8. The van der Waals surface area contributed by atoms with Gasteiger partial charge in [-0.05, 0) is 46.1 Å². The topological polar surface area (TPSA) is 74.3 Å². The van der Waals surface area contributed by atoms with Crippen LogP contribution >= 0.6 is 0 Å². The summed E-state index contributed by atoms with van der Waals surface area (Å²) in [4.78, 5) is 6.26. The lowest BCUT2D eigenvalue weighted by molar-refractivity contribution is 0.400. The lowest BCUT2D eigenvalue weighted by Crippen LogP contribution is -2.28. The standard InChI is InChI=1S/C12H22N4O2S/c1-4-13-12-11(7-5-8-14-12)19(17,18)15-9-6-10-16(2)3/h5,7-8,15H,4,6,9-10H2,1-3H3,(H,13,14). The maximum Gasteiger partial charge on any atom is 0.244 e. The molecule has 0 saturated carbocycles. The van der Waals surface area contributed by atoms with Crippen LogP contribution in [0.25, 0.3) is 0 Å². The maximum absolute atomic E-state index is 12.2. The number of nitrogens with zero attached hydrogens (tertiary/aromatic N) is 2. The molecule has 0 aliphatic carbocycles. The van der Waals surface area contributed by atoms with Crippen LogP contribution in [-0.2, 0) is 10.0 Å². The molecule has 6 nitrogen and oxygen atoms in total. The first-order valence-corrected chi connectivity index (χ1v) is 7.79. The highest BCUT2D eigenvalue weighted by atomic mass is 32.2. The van der Waals surface area contributed by atoms with E-state index in [4.69, 9.17) is 0 Å². The van der Waals surface area contributed by atoms with Crippen molar-refractivity contribution in [3.8, 4) is 0 Å². The summed E-state index contributed by atoms with van der Waals surface area (Å²) < 4.78 is 26.9. The SMILES string of the molecule is CCNc1ncccc1S(=O)(=O)NCCCN(C)C. The predicted molar refractivity (Wildman–Crippen MR) is 76.8 cm³/mol. The van der Waals surface area contributed by atoms with E-state index < -0.39 is 10.0 Å². The normalized spacial score (nSPS) is 11.8. The Hall–Kier alpha value is -1.18. The molecule has 0 unspecified atom stereocenters. The van der Waals surface area contributed by atoms with Gasteiger partial charge in [0.15, 0.2) is 0 Å². The van der Waals surface area contributed by atoms with E-state index in [9.17, 15) is 8.42 Å². The minimum Gasteiger partial charge on any atom is -0.369 e. The largest absolute Gasteiger partial charge is 0.369 e. The maximum atomic E-state index is 12.2. The van der Waals surface area contributed by atoms with Gasteiger partial charge in [0.2, 0.25) is 10.0 Å². The molecule has 1 aromatic heterocycles. The first kappa shape index (κ1) is 15.9. The fraction of sp³-hybridized carbons (Fsp3) is 0.583. The lowest BCUT2D eigenvalue weighted by atomic mass is 10.4. The third-order valence-electron chi connectivity index (χ3n) is 2.48. The van der Waals surface area contributed by atoms with E-state index in [1.54, 1.807) is 18.3 Å². The number of hydrogen-bond acceptors (Lipinski definition) is 5. The van der Waals surface area contributed by atoms with Crippen LogP contribution in [0.4, 0.5) is 5.82 Å². The molecule has 1 heterocycles. The zero-order valence-corrected chi connectivity index (χ0v) is 12.5. The minimum absolute atomic E-state index is 0.196. The highest BCUT2D eigenvalue weighted by Gasteiger charge is 2.18. The summed E-state index contributed by atoms with van der Waals surface area (Å²) in [6, 6.07) is 3.18. The second kappa shape index (κ2) is 7.42. The van der Waals surface area contributed by atoms with Crippen LogP contribution in [0, 0.1) is 0 Å². The molecule has 1 rings (SSSR count). The van der Waals surface area contributed by atoms with E-state index in [1.165, 1.54) is 0 Å². The Morgan fingerprint density at radius 2 is 2.11 bits per heavy atom. The first-order chi connectivity index (χ1) is 8.97. The van der Waals surface area contributed by atoms with Crippen LogP contribution in [0.2, 0.25) is 0 Å². The molecular formula is C12H22N4O2S.